The summed E-state index contributed by atoms with van der Waals surface area (Å²) in [4.78, 5) is 11.7. The second-order valence-electron chi connectivity index (χ2n) is 5.37. The summed E-state index contributed by atoms with van der Waals surface area (Å²) in [5, 5.41) is 15.8. The van der Waals surface area contributed by atoms with E-state index in [0.717, 1.165) is 16.3 Å². The van der Waals surface area contributed by atoms with Gasteiger partial charge < -0.3 is 10.4 Å². The van der Waals surface area contributed by atoms with Crippen molar-refractivity contribution in [3.63, 3.8) is 0 Å². The van der Waals surface area contributed by atoms with Crippen LogP contribution in [-0.2, 0) is 4.79 Å². The molecule has 0 saturated heterocycles. The van der Waals surface area contributed by atoms with Crippen LogP contribution in [0.1, 0.15) is 24.1 Å². The van der Waals surface area contributed by atoms with Crippen LogP contribution in [-0.4, -0.2) is 11.0 Å². The van der Waals surface area contributed by atoms with Gasteiger partial charge in [0.15, 0.2) is 0 Å². The Hall–Kier alpha value is -2.52. The molecule has 0 aliphatic rings. The Morgan fingerprint density at radius 3 is 2.48 bits per heavy atom. The van der Waals surface area contributed by atoms with E-state index in [2.05, 4.69) is 5.32 Å². The topological polar surface area (TPSA) is 49.3 Å². The molecule has 3 rings (SSSR count). The van der Waals surface area contributed by atoms with Gasteiger partial charge in [0.25, 0.3) is 0 Å². The summed E-state index contributed by atoms with van der Waals surface area (Å²) in [7, 11) is 0. The summed E-state index contributed by atoms with van der Waals surface area (Å²) in [5.41, 5.74) is 1.39. The number of carbonyl (C=O) groups is 1. The molecule has 0 fully saturated rings. The van der Waals surface area contributed by atoms with Crippen molar-refractivity contribution in [2.24, 2.45) is 0 Å². The van der Waals surface area contributed by atoms with Crippen molar-refractivity contribution in [3.05, 3.63) is 76.8 Å². The summed E-state index contributed by atoms with van der Waals surface area (Å²) in [6.45, 7) is 1.45. The summed E-state index contributed by atoms with van der Waals surface area (Å²) >= 11 is 6.32. The molecular weight excluding hydrogens is 310 g/mol. The van der Waals surface area contributed by atoms with Crippen molar-refractivity contribution >= 4 is 28.3 Å². The molecule has 0 radical (unpaired) electrons. The number of hydrogen-bond acceptors (Lipinski definition) is 2. The summed E-state index contributed by atoms with van der Waals surface area (Å²) < 4.78 is 0. The number of fused-ring (bicyclic) bond motifs is 1. The second-order valence-corrected chi connectivity index (χ2v) is 5.78. The van der Waals surface area contributed by atoms with Crippen LogP contribution in [0.2, 0.25) is 5.02 Å². The molecule has 0 aliphatic carbocycles. The molecule has 0 bridgehead atoms. The van der Waals surface area contributed by atoms with Crippen LogP contribution in [0.5, 0.6) is 5.75 Å². The minimum atomic E-state index is -0.521. The maximum Gasteiger partial charge on any atom is 0.217 e. The van der Waals surface area contributed by atoms with E-state index in [4.69, 9.17) is 11.6 Å². The molecule has 3 nitrogen and oxygen atoms in total. The van der Waals surface area contributed by atoms with Crippen molar-refractivity contribution in [3.8, 4) is 5.75 Å². The minimum Gasteiger partial charge on any atom is -0.508 e. The van der Waals surface area contributed by atoms with Crippen molar-refractivity contribution in [1.29, 1.82) is 0 Å². The minimum absolute atomic E-state index is 0.127. The van der Waals surface area contributed by atoms with Gasteiger partial charge in [0.2, 0.25) is 5.91 Å². The van der Waals surface area contributed by atoms with Gasteiger partial charge >= 0.3 is 0 Å². The zero-order valence-corrected chi connectivity index (χ0v) is 13.3. The molecular formula is C19H16ClNO2. The van der Waals surface area contributed by atoms with Gasteiger partial charge in [0.1, 0.15) is 5.75 Å². The van der Waals surface area contributed by atoms with Gasteiger partial charge in [-0.2, -0.15) is 0 Å². The standard InChI is InChI=1S/C19H16ClNO2/c1-12(22)21-19(15-8-4-5-9-16(15)20)18-14-7-3-2-6-13(14)10-11-17(18)23/h2-11,19,23H,1H3,(H,21,22)/t19-/m1/s1. The molecule has 4 heteroatoms. The van der Waals surface area contributed by atoms with Crippen LogP contribution in [0.3, 0.4) is 0 Å². The molecule has 116 valence electrons. The van der Waals surface area contributed by atoms with Crippen LogP contribution in [0.25, 0.3) is 10.8 Å². The number of amides is 1. The van der Waals surface area contributed by atoms with Crippen LogP contribution >= 0.6 is 11.6 Å². The third-order valence-corrected chi connectivity index (χ3v) is 4.14. The predicted octanol–water partition coefficient (Wildman–Crippen LogP) is 4.42. The van der Waals surface area contributed by atoms with Gasteiger partial charge in [-0.25, -0.2) is 0 Å². The third-order valence-electron chi connectivity index (χ3n) is 3.80. The Morgan fingerprint density at radius 1 is 1.04 bits per heavy atom. The van der Waals surface area contributed by atoms with E-state index in [-0.39, 0.29) is 11.7 Å². The second kappa shape index (κ2) is 6.31. The Labute approximate surface area is 139 Å². The first-order valence-corrected chi connectivity index (χ1v) is 7.68. The molecule has 23 heavy (non-hydrogen) atoms. The van der Waals surface area contributed by atoms with Crippen LogP contribution < -0.4 is 5.32 Å². The van der Waals surface area contributed by atoms with Crippen molar-refractivity contribution < 1.29 is 9.90 Å². The molecule has 1 amide bonds. The monoisotopic (exact) mass is 325 g/mol. The summed E-state index contributed by atoms with van der Waals surface area (Å²) in [5.74, 6) is -0.0652. The Balaban J connectivity index is 2.28. The van der Waals surface area contributed by atoms with Crippen LogP contribution in [0, 0.1) is 0 Å². The van der Waals surface area contributed by atoms with Gasteiger partial charge in [0, 0.05) is 17.5 Å². The van der Waals surface area contributed by atoms with Crippen LogP contribution in [0.15, 0.2) is 60.7 Å². The quantitative estimate of drug-likeness (QED) is 0.748. The van der Waals surface area contributed by atoms with E-state index < -0.39 is 6.04 Å². The first kappa shape index (κ1) is 15.4. The van der Waals surface area contributed by atoms with E-state index in [0.29, 0.717) is 10.6 Å². The lowest BCUT2D eigenvalue weighted by molar-refractivity contribution is -0.119. The number of halogens is 1. The van der Waals surface area contributed by atoms with Gasteiger partial charge in [-0.05, 0) is 28.5 Å². The number of carbonyl (C=O) groups excluding carboxylic acids is 1. The van der Waals surface area contributed by atoms with Crippen LogP contribution in [0.4, 0.5) is 0 Å². The third kappa shape index (κ3) is 3.01. The molecule has 0 unspecified atom stereocenters. The number of hydrogen-bond donors (Lipinski definition) is 2. The van der Waals surface area contributed by atoms with Gasteiger partial charge in [-0.15, -0.1) is 0 Å². The first-order valence-electron chi connectivity index (χ1n) is 7.30. The van der Waals surface area contributed by atoms with E-state index in [1.165, 1.54) is 6.92 Å². The van der Waals surface area contributed by atoms with Gasteiger partial charge in [-0.3, -0.25) is 4.79 Å². The SMILES string of the molecule is CC(=O)N[C@H](c1ccccc1Cl)c1c(O)ccc2ccccc12. The number of rotatable bonds is 3. The zero-order valence-electron chi connectivity index (χ0n) is 12.6. The fourth-order valence-electron chi connectivity index (χ4n) is 2.81. The lowest BCUT2D eigenvalue weighted by Crippen LogP contribution is -2.27. The van der Waals surface area contributed by atoms with E-state index in [1.54, 1.807) is 12.1 Å². The molecule has 0 aromatic heterocycles. The fourth-order valence-corrected chi connectivity index (χ4v) is 3.05. The largest absolute Gasteiger partial charge is 0.508 e. The highest BCUT2D eigenvalue weighted by Gasteiger charge is 2.23. The van der Waals surface area contributed by atoms with Gasteiger partial charge in [-0.1, -0.05) is 60.1 Å². The predicted molar refractivity (Wildman–Crippen MR) is 92.7 cm³/mol. The first-order chi connectivity index (χ1) is 11.1. The lowest BCUT2D eigenvalue weighted by Gasteiger charge is -2.22. The molecule has 0 aliphatic heterocycles. The summed E-state index contributed by atoms with van der Waals surface area (Å²) in [6, 6.07) is 18.0. The van der Waals surface area contributed by atoms with Crippen molar-refractivity contribution in [1.82, 2.24) is 5.32 Å². The highest BCUT2D eigenvalue weighted by Crippen LogP contribution is 2.37. The number of phenols is 1. The number of nitrogens with one attached hydrogen (secondary N) is 1. The van der Waals surface area contributed by atoms with Crippen molar-refractivity contribution in [2.45, 2.75) is 13.0 Å². The number of phenolic OH excluding ortho intramolecular Hbond substituents is 1. The highest BCUT2D eigenvalue weighted by atomic mass is 35.5. The van der Waals surface area contributed by atoms with E-state index >= 15 is 0 Å². The van der Waals surface area contributed by atoms with E-state index in [9.17, 15) is 9.90 Å². The maximum atomic E-state index is 11.7. The molecule has 3 aromatic rings. The Kier molecular flexibility index (Phi) is 4.22. The average molecular weight is 326 g/mol. The highest BCUT2D eigenvalue weighted by molar-refractivity contribution is 6.31. The fraction of sp³-hybridized carbons (Fsp3) is 0.105. The number of aromatic hydroxyl groups is 1. The summed E-state index contributed by atoms with van der Waals surface area (Å²) in [6.07, 6.45) is 0. The number of benzene rings is 3. The lowest BCUT2D eigenvalue weighted by atomic mass is 9.92. The van der Waals surface area contributed by atoms with E-state index in [1.807, 2.05) is 48.5 Å². The molecule has 0 spiro atoms. The molecule has 3 aromatic carbocycles. The molecule has 0 saturated carbocycles. The molecule has 2 N–H and O–H groups in total. The molecule has 0 heterocycles. The normalized spacial score (nSPS) is 12.1. The zero-order chi connectivity index (χ0) is 16.4. The molecule has 1 atom stereocenters. The maximum absolute atomic E-state index is 11.7. The average Bonchev–Trinajstić information content (AvgIpc) is 2.53. The smallest absolute Gasteiger partial charge is 0.217 e. The van der Waals surface area contributed by atoms with Gasteiger partial charge in [0.05, 0.1) is 6.04 Å². The van der Waals surface area contributed by atoms with Crippen molar-refractivity contribution in [2.75, 3.05) is 0 Å². The Morgan fingerprint density at radius 2 is 1.74 bits per heavy atom. The Bertz CT molecular complexity index is 876.